The van der Waals surface area contributed by atoms with E-state index in [2.05, 4.69) is 15.0 Å². The average Bonchev–Trinajstić information content (AvgIpc) is 2.82. The van der Waals surface area contributed by atoms with Crippen LogP contribution in [0.1, 0.15) is 0 Å². The summed E-state index contributed by atoms with van der Waals surface area (Å²) in [5, 5.41) is 26.7. The summed E-state index contributed by atoms with van der Waals surface area (Å²) >= 11 is 0. The SMILES string of the molecule is Nc1nc(NO)c2ncn(COC(CO)CO)c2n1. The maximum atomic E-state index is 8.92. The van der Waals surface area contributed by atoms with Gasteiger partial charge in [-0.2, -0.15) is 9.97 Å². The minimum atomic E-state index is -0.688. The van der Waals surface area contributed by atoms with Crippen molar-refractivity contribution in [2.45, 2.75) is 12.8 Å². The third kappa shape index (κ3) is 2.71. The number of nitrogens with two attached hydrogens (primary N) is 1. The quantitative estimate of drug-likeness (QED) is 0.396. The van der Waals surface area contributed by atoms with Gasteiger partial charge in [0.25, 0.3) is 0 Å². The normalized spacial score (nSPS) is 11.4. The molecule has 2 aromatic heterocycles. The van der Waals surface area contributed by atoms with E-state index in [1.54, 1.807) is 0 Å². The molecule has 0 fully saturated rings. The molecule has 10 nitrogen and oxygen atoms in total. The molecule has 104 valence electrons. The minimum Gasteiger partial charge on any atom is -0.394 e. The van der Waals surface area contributed by atoms with Crippen molar-refractivity contribution >= 4 is 22.9 Å². The van der Waals surface area contributed by atoms with E-state index in [4.69, 9.17) is 25.9 Å². The van der Waals surface area contributed by atoms with Crippen LogP contribution in [0.3, 0.4) is 0 Å². The molecule has 0 atom stereocenters. The number of aromatic nitrogens is 4. The van der Waals surface area contributed by atoms with Crippen LogP contribution in [0.15, 0.2) is 6.33 Å². The second-order valence-electron chi connectivity index (χ2n) is 3.71. The first-order valence-corrected chi connectivity index (χ1v) is 5.41. The molecule has 0 amide bonds. The number of rotatable bonds is 6. The van der Waals surface area contributed by atoms with Gasteiger partial charge in [0.1, 0.15) is 12.8 Å². The lowest BCUT2D eigenvalue weighted by atomic mass is 10.4. The fourth-order valence-corrected chi connectivity index (χ4v) is 1.48. The summed E-state index contributed by atoms with van der Waals surface area (Å²) in [7, 11) is 0. The van der Waals surface area contributed by atoms with Gasteiger partial charge in [0.2, 0.25) is 5.95 Å². The topological polar surface area (TPSA) is 152 Å². The van der Waals surface area contributed by atoms with Gasteiger partial charge >= 0.3 is 0 Å². The molecular formula is C9H14N6O4. The van der Waals surface area contributed by atoms with Crippen molar-refractivity contribution in [1.29, 1.82) is 0 Å². The van der Waals surface area contributed by atoms with Gasteiger partial charge < -0.3 is 20.7 Å². The molecule has 10 heteroatoms. The fourth-order valence-electron chi connectivity index (χ4n) is 1.48. The smallest absolute Gasteiger partial charge is 0.224 e. The molecule has 0 bridgehead atoms. The van der Waals surface area contributed by atoms with Crippen LogP contribution >= 0.6 is 0 Å². The Morgan fingerprint density at radius 1 is 1.37 bits per heavy atom. The van der Waals surface area contributed by atoms with E-state index in [0.717, 1.165) is 0 Å². The Hall–Kier alpha value is -2.01. The van der Waals surface area contributed by atoms with Gasteiger partial charge in [-0.3, -0.25) is 15.3 Å². The first-order valence-electron chi connectivity index (χ1n) is 5.41. The average molecular weight is 270 g/mol. The second kappa shape index (κ2) is 5.75. The zero-order valence-corrected chi connectivity index (χ0v) is 9.89. The van der Waals surface area contributed by atoms with Crippen LogP contribution < -0.4 is 11.2 Å². The standard InChI is InChI=1S/C9H14N6O4/c10-9-12-7(14-18)6-8(13-9)15(3-11-6)4-19-5(1-16)2-17/h3,5,16-18H,1-2,4H2,(H3,10,12,13,14). The van der Waals surface area contributed by atoms with Gasteiger partial charge in [0.05, 0.1) is 19.5 Å². The Morgan fingerprint density at radius 2 is 2.11 bits per heavy atom. The lowest BCUT2D eigenvalue weighted by Crippen LogP contribution is -2.23. The largest absolute Gasteiger partial charge is 0.394 e. The van der Waals surface area contributed by atoms with Crippen molar-refractivity contribution in [3.05, 3.63) is 6.33 Å². The summed E-state index contributed by atoms with van der Waals surface area (Å²) in [5.41, 5.74) is 8.07. The number of nitrogens with one attached hydrogen (secondary N) is 1. The molecule has 0 aromatic carbocycles. The minimum absolute atomic E-state index is 0.0175. The Balaban J connectivity index is 2.27. The molecule has 2 rings (SSSR count). The number of fused-ring (bicyclic) bond motifs is 1. The number of aliphatic hydroxyl groups excluding tert-OH is 2. The monoisotopic (exact) mass is 270 g/mol. The molecule has 19 heavy (non-hydrogen) atoms. The van der Waals surface area contributed by atoms with Crippen LogP contribution in [0.5, 0.6) is 0 Å². The molecule has 0 aliphatic rings. The lowest BCUT2D eigenvalue weighted by Gasteiger charge is -2.13. The van der Waals surface area contributed by atoms with E-state index in [0.29, 0.717) is 11.2 Å². The van der Waals surface area contributed by atoms with E-state index < -0.39 is 6.10 Å². The van der Waals surface area contributed by atoms with Crippen LogP contribution in [0.4, 0.5) is 11.8 Å². The maximum Gasteiger partial charge on any atom is 0.224 e. The number of imidazole rings is 1. The van der Waals surface area contributed by atoms with Gasteiger partial charge in [-0.15, -0.1) is 0 Å². The van der Waals surface area contributed by atoms with Crippen molar-refractivity contribution in [3.8, 4) is 0 Å². The number of aliphatic hydroxyl groups is 2. The molecule has 0 aliphatic carbocycles. The highest BCUT2D eigenvalue weighted by Gasteiger charge is 2.13. The van der Waals surface area contributed by atoms with E-state index >= 15 is 0 Å². The first-order chi connectivity index (χ1) is 9.19. The van der Waals surface area contributed by atoms with E-state index in [1.807, 2.05) is 5.48 Å². The molecule has 0 spiro atoms. The highest BCUT2D eigenvalue weighted by molar-refractivity contribution is 5.83. The number of hydrogen-bond donors (Lipinski definition) is 5. The fraction of sp³-hybridized carbons (Fsp3) is 0.444. The van der Waals surface area contributed by atoms with E-state index in [9.17, 15) is 0 Å². The molecule has 2 heterocycles. The van der Waals surface area contributed by atoms with Crippen molar-refractivity contribution in [2.24, 2.45) is 0 Å². The van der Waals surface area contributed by atoms with Crippen LogP contribution in [0.2, 0.25) is 0 Å². The van der Waals surface area contributed by atoms with Crippen LogP contribution in [0, 0.1) is 0 Å². The molecule has 6 N–H and O–H groups in total. The van der Waals surface area contributed by atoms with Gasteiger partial charge in [-0.1, -0.05) is 0 Å². The molecule has 0 saturated heterocycles. The molecule has 2 aromatic rings. The number of anilines is 2. The number of nitrogens with zero attached hydrogens (tertiary/aromatic N) is 4. The highest BCUT2D eigenvalue weighted by atomic mass is 16.5. The van der Waals surface area contributed by atoms with Crippen molar-refractivity contribution in [3.63, 3.8) is 0 Å². The molecular weight excluding hydrogens is 256 g/mol. The summed E-state index contributed by atoms with van der Waals surface area (Å²) in [6.45, 7) is -0.586. The summed E-state index contributed by atoms with van der Waals surface area (Å²) in [6, 6.07) is 0. The molecule has 0 unspecified atom stereocenters. The Bertz CT molecular complexity index is 555. The summed E-state index contributed by atoms with van der Waals surface area (Å²) in [5.74, 6) is 0.0498. The highest BCUT2D eigenvalue weighted by Crippen LogP contribution is 2.19. The Kier molecular flexibility index (Phi) is 4.06. The summed E-state index contributed by atoms with van der Waals surface area (Å²) in [6.07, 6.45) is 0.734. The number of ether oxygens (including phenoxy) is 1. The number of hydrogen-bond acceptors (Lipinski definition) is 9. The zero-order chi connectivity index (χ0) is 13.8. The molecule has 0 radical (unpaired) electrons. The Labute approximate surface area is 107 Å². The summed E-state index contributed by atoms with van der Waals surface area (Å²) < 4.78 is 6.75. The predicted molar refractivity (Wildman–Crippen MR) is 64.2 cm³/mol. The van der Waals surface area contributed by atoms with Crippen molar-refractivity contribution in [1.82, 2.24) is 19.5 Å². The first kappa shape index (κ1) is 13.4. The van der Waals surface area contributed by atoms with Gasteiger partial charge in [-0.25, -0.2) is 4.98 Å². The van der Waals surface area contributed by atoms with Gasteiger partial charge in [-0.05, 0) is 0 Å². The summed E-state index contributed by atoms with van der Waals surface area (Å²) in [4.78, 5) is 11.8. The third-order valence-corrected chi connectivity index (χ3v) is 2.44. The maximum absolute atomic E-state index is 8.92. The van der Waals surface area contributed by atoms with Crippen molar-refractivity contribution in [2.75, 3.05) is 24.4 Å². The van der Waals surface area contributed by atoms with E-state index in [-0.39, 0.29) is 31.7 Å². The zero-order valence-electron chi connectivity index (χ0n) is 9.89. The van der Waals surface area contributed by atoms with E-state index in [1.165, 1.54) is 10.9 Å². The predicted octanol–water partition coefficient (Wildman–Crippen LogP) is -1.46. The second-order valence-corrected chi connectivity index (χ2v) is 3.71. The van der Waals surface area contributed by atoms with Crippen LogP contribution in [-0.2, 0) is 11.5 Å². The number of nitrogen functional groups attached to an aromatic ring is 1. The van der Waals surface area contributed by atoms with Gasteiger partial charge in [0, 0.05) is 0 Å². The molecule has 0 saturated carbocycles. The third-order valence-electron chi connectivity index (χ3n) is 2.44. The van der Waals surface area contributed by atoms with Crippen molar-refractivity contribution < 1.29 is 20.2 Å². The Morgan fingerprint density at radius 3 is 2.74 bits per heavy atom. The van der Waals surface area contributed by atoms with Crippen LogP contribution in [0.25, 0.3) is 11.2 Å². The molecule has 0 aliphatic heterocycles. The lowest BCUT2D eigenvalue weighted by molar-refractivity contribution is -0.0488. The van der Waals surface area contributed by atoms with Gasteiger partial charge in [0.15, 0.2) is 17.0 Å². The van der Waals surface area contributed by atoms with Crippen LogP contribution in [-0.4, -0.2) is 54.3 Å².